The second-order valence-corrected chi connectivity index (χ2v) is 6.42. The van der Waals surface area contributed by atoms with Gasteiger partial charge in [-0.25, -0.2) is 9.97 Å². The fourth-order valence-electron chi connectivity index (χ4n) is 2.77. The van der Waals surface area contributed by atoms with Crippen molar-refractivity contribution < 1.29 is 4.79 Å². The van der Waals surface area contributed by atoms with Crippen LogP contribution in [0.25, 0.3) is 0 Å². The van der Waals surface area contributed by atoms with Gasteiger partial charge in [0.15, 0.2) is 0 Å². The van der Waals surface area contributed by atoms with Crippen molar-refractivity contribution in [1.29, 1.82) is 0 Å². The second-order valence-electron chi connectivity index (χ2n) is 5.98. The van der Waals surface area contributed by atoms with Crippen LogP contribution in [0.15, 0.2) is 36.7 Å². The number of hydrogen-bond acceptors (Lipinski definition) is 4. The first-order chi connectivity index (χ1) is 11.7. The predicted octanol–water partition coefficient (Wildman–Crippen LogP) is 3.76. The third-order valence-corrected chi connectivity index (χ3v) is 4.41. The van der Waals surface area contributed by atoms with Crippen molar-refractivity contribution in [1.82, 2.24) is 14.9 Å². The van der Waals surface area contributed by atoms with Gasteiger partial charge in [-0.2, -0.15) is 0 Å². The molecule has 2 heterocycles. The number of benzene rings is 1. The highest BCUT2D eigenvalue weighted by Gasteiger charge is 2.17. The maximum absolute atomic E-state index is 12.5. The van der Waals surface area contributed by atoms with E-state index in [0.29, 0.717) is 23.1 Å². The van der Waals surface area contributed by atoms with Crippen LogP contribution in [0, 0.1) is 0 Å². The molecule has 0 saturated carbocycles. The van der Waals surface area contributed by atoms with Crippen LogP contribution >= 0.6 is 11.6 Å². The van der Waals surface area contributed by atoms with E-state index < -0.39 is 0 Å². The Hall–Kier alpha value is -2.14. The molecule has 0 atom stereocenters. The molecule has 0 radical (unpaired) electrons. The summed E-state index contributed by atoms with van der Waals surface area (Å²) in [6.45, 7) is 2.27. The van der Waals surface area contributed by atoms with Crippen molar-refractivity contribution in [3.63, 3.8) is 0 Å². The molecule has 1 N–H and O–H groups in total. The molecule has 0 aliphatic carbocycles. The molecular weight excluding hydrogens is 324 g/mol. The number of nitrogens with zero attached hydrogens (tertiary/aromatic N) is 3. The van der Waals surface area contributed by atoms with Gasteiger partial charge < -0.3 is 10.2 Å². The number of rotatable bonds is 4. The average Bonchev–Trinajstić information content (AvgIpc) is 2.90. The highest BCUT2D eigenvalue weighted by molar-refractivity contribution is 6.30. The molecule has 24 heavy (non-hydrogen) atoms. The highest BCUT2D eigenvalue weighted by atomic mass is 35.5. The Morgan fingerprint density at radius 3 is 2.29 bits per heavy atom. The number of hydrogen-bond donors (Lipinski definition) is 1. The molecule has 1 aliphatic heterocycles. The maximum atomic E-state index is 12.5. The van der Waals surface area contributed by atoms with Crippen molar-refractivity contribution in [2.75, 3.05) is 18.4 Å². The van der Waals surface area contributed by atoms with Crippen LogP contribution < -0.4 is 5.32 Å². The molecule has 1 aromatic heterocycles. The van der Waals surface area contributed by atoms with Crippen LogP contribution in [-0.4, -0.2) is 33.9 Å². The SMILES string of the molecule is O=C(c1cnc(NCc2ccc(Cl)cc2)nc1)N1CCCCCC1. The minimum Gasteiger partial charge on any atom is -0.350 e. The van der Waals surface area contributed by atoms with Crippen LogP contribution in [-0.2, 0) is 6.54 Å². The number of halogens is 1. The summed E-state index contributed by atoms with van der Waals surface area (Å²) in [6, 6.07) is 7.60. The summed E-state index contributed by atoms with van der Waals surface area (Å²) in [5.74, 6) is 0.540. The smallest absolute Gasteiger partial charge is 0.256 e. The number of carbonyl (C=O) groups excluding carboxylic acids is 1. The van der Waals surface area contributed by atoms with Crippen molar-refractivity contribution in [3.05, 3.63) is 52.8 Å². The third kappa shape index (κ3) is 4.45. The molecule has 2 aromatic rings. The van der Waals surface area contributed by atoms with E-state index in [9.17, 15) is 4.79 Å². The molecule has 6 heteroatoms. The number of aromatic nitrogens is 2. The van der Waals surface area contributed by atoms with E-state index in [1.165, 1.54) is 12.8 Å². The molecule has 1 aliphatic rings. The molecule has 1 saturated heterocycles. The predicted molar refractivity (Wildman–Crippen MR) is 95.2 cm³/mol. The van der Waals surface area contributed by atoms with E-state index in [1.807, 2.05) is 29.2 Å². The summed E-state index contributed by atoms with van der Waals surface area (Å²) in [7, 11) is 0. The summed E-state index contributed by atoms with van der Waals surface area (Å²) in [6.07, 6.45) is 7.76. The van der Waals surface area contributed by atoms with E-state index in [4.69, 9.17) is 11.6 Å². The molecule has 126 valence electrons. The Balaban J connectivity index is 1.58. The maximum Gasteiger partial charge on any atom is 0.256 e. The van der Waals surface area contributed by atoms with Gasteiger partial charge in [-0.3, -0.25) is 4.79 Å². The van der Waals surface area contributed by atoms with E-state index in [1.54, 1.807) is 12.4 Å². The van der Waals surface area contributed by atoms with Crippen LogP contribution in [0.2, 0.25) is 5.02 Å². The first kappa shape index (κ1) is 16.7. The van der Waals surface area contributed by atoms with Crippen LogP contribution in [0.5, 0.6) is 0 Å². The van der Waals surface area contributed by atoms with Crippen LogP contribution in [0.3, 0.4) is 0 Å². The first-order valence-corrected chi connectivity index (χ1v) is 8.70. The molecule has 0 spiro atoms. The standard InChI is InChI=1S/C18H21ClN4O/c19-16-7-5-14(6-8-16)11-20-18-21-12-15(13-22-18)17(24)23-9-3-1-2-4-10-23/h5-8,12-13H,1-4,9-11H2,(H,20,21,22). The van der Waals surface area contributed by atoms with Gasteiger partial charge >= 0.3 is 0 Å². The monoisotopic (exact) mass is 344 g/mol. The molecule has 5 nitrogen and oxygen atoms in total. The van der Waals surface area contributed by atoms with Gasteiger partial charge in [-0.15, -0.1) is 0 Å². The van der Waals surface area contributed by atoms with Gasteiger partial charge in [0.2, 0.25) is 5.95 Å². The molecule has 1 aromatic carbocycles. The van der Waals surface area contributed by atoms with Gasteiger partial charge in [-0.1, -0.05) is 36.6 Å². The van der Waals surface area contributed by atoms with Crippen LogP contribution in [0.4, 0.5) is 5.95 Å². The van der Waals surface area contributed by atoms with Gasteiger partial charge in [0.05, 0.1) is 5.56 Å². The van der Waals surface area contributed by atoms with E-state index in [0.717, 1.165) is 31.5 Å². The largest absolute Gasteiger partial charge is 0.350 e. The zero-order valence-electron chi connectivity index (χ0n) is 13.5. The lowest BCUT2D eigenvalue weighted by Gasteiger charge is -2.19. The Morgan fingerprint density at radius 1 is 1.04 bits per heavy atom. The Bertz CT molecular complexity index is 664. The minimum absolute atomic E-state index is 0.0288. The molecule has 3 rings (SSSR count). The molecule has 0 bridgehead atoms. The lowest BCUT2D eigenvalue weighted by molar-refractivity contribution is 0.0761. The molecule has 0 unspecified atom stereocenters. The summed E-state index contributed by atoms with van der Waals surface area (Å²) in [5, 5.41) is 3.86. The quantitative estimate of drug-likeness (QED) is 0.917. The Kier molecular flexibility index (Phi) is 5.64. The third-order valence-electron chi connectivity index (χ3n) is 4.16. The van der Waals surface area contributed by atoms with E-state index in [2.05, 4.69) is 15.3 Å². The van der Waals surface area contributed by atoms with Gasteiger partial charge in [-0.05, 0) is 30.5 Å². The molecule has 1 amide bonds. The Morgan fingerprint density at radius 2 is 1.67 bits per heavy atom. The van der Waals surface area contributed by atoms with E-state index >= 15 is 0 Å². The topological polar surface area (TPSA) is 58.1 Å². The van der Waals surface area contributed by atoms with Crippen molar-refractivity contribution >= 4 is 23.5 Å². The average molecular weight is 345 g/mol. The second kappa shape index (κ2) is 8.11. The van der Waals surface area contributed by atoms with Crippen molar-refractivity contribution in [3.8, 4) is 0 Å². The van der Waals surface area contributed by atoms with Gasteiger partial charge in [0, 0.05) is 37.1 Å². The van der Waals surface area contributed by atoms with Crippen molar-refractivity contribution in [2.24, 2.45) is 0 Å². The molecular formula is C18H21ClN4O. The van der Waals surface area contributed by atoms with Gasteiger partial charge in [0.1, 0.15) is 0 Å². The van der Waals surface area contributed by atoms with Crippen LogP contribution in [0.1, 0.15) is 41.6 Å². The van der Waals surface area contributed by atoms with Crippen molar-refractivity contribution in [2.45, 2.75) is 32.2 Å². The lowest BCUT2D eigenvalue weighted by atomic mass is 10.2. The Labute approximate surface area is 147 Å². The number of anilines is 1. The number of carbonyl (C=O) groups is 1. The first-order valence-electron chi connectivity index (χ1n) is 8.32. The van der Waals surface area contributed by atoms with Gasteiger partial charge in [0.25, 0.3) is 5.91 Å². The number of likely N-dealkylation sites (tertiary alicyclic amines) is 1. The fourth-order valence-corrected chi connectivity index (χ4v) is 2.90. The normalized spacial score (nSPS) is 15.0. The zero-order chi connectivity index (χ0) is 16.8. The summed E-state index contributed by atoms with van der Waals surface area (Å²) >= 11 is 5.87. The fraction of sp³-hybridized carbons (Fsp3) is 0.389. The lowest BCUT2D eigenvalue weighted by Crippen LogP contribution is -2.32. The minimum atomic E-state index is 0.0288. The van der Waals surface area contributed by atoms with E-state index in [-0.39, 0.29) is 5.91 Å². The highest BCUT2D eigenvalue weighted by Crippen LogP contribution is 2.14. The summed E-state index contributed by atoms with van der Waals surface area (Å²) in [5.41, 5.74) is 1.64. The number of amides is 1. The molecule has 1 fully saturated rings. The zero-order valence-corrected chi connectivity index (χ0v) is 14.3. The summed E-state index contributed by atoms with van der Waals surface area (Å²) < 4.78 is 0. The summed E-state index contributed by atoms with van der Waals surface area (Å²) in [4.78, 5) is 22.9. The number of nitrogens with one attached hydrogen (secondary N) is 1.